The summed E-state index contributed by atoms with van der Waals surface area (Å²) in [7, 11) is 0. The number of carbonyl (C=O) groups is 1. The standard InChI is InChI=1S/C20H28N4O3S/c25-17(4-5-18-22-19(23-27-18)16-6-13-28-14-16)21-15-20(7-2-1-3-8-20)24-9-11-26-12-10-24/h6,13-14H,1-5,7-12,15H2,(H,21,25). The summed E-state index contributed by atoms with van der Waals surface area (Å²) < 4.78 is 10.8. The monoisotopic (exact) mass is 404 g/mol. The van der Waals surface area contributed by atoms with Gasteiger partial charge in [-0.2, -0.15) is 16.3 Å². The van der Waals surface area contributed by atoms with Crippen molar-refractivity contribution in [3.8, 4) is 11.4 Å². The second kappa shape index (κ2) is 9.15. The number of nitrogens with one attached hydrogen (secondary N) is 1. The number of hydrogen-bond donors (Lipinski definition) is 1. The molecule has 28 heavy (non-hydrogen) atoms. The van der Waals surface area contributed by atoms with Gasteiger partial charge in [0, 0.05) is 49.0 Å². The van der Waals surface area contributed by atoms with Gasteiger partial charge in [0.1, 0.15) is 0 Å². The van der Waals surface area contributed by atoms with Crippen molar-refractivity contribution in [2.24, 2.45) is 0 Å². The Morgan fingerprint density at radius 2 is 2.07 bits per heavy atom. The van der Waals surface area contributed by atoms with Crippen molar-refractivity contribution in [2.45, 2.75) is 50.5 Å². The van der Waals surface area contributed by atoms with Crippen molar-refractivity contribution >= 4 is 17.2 Å². The molecule has 1 aliphatic heterocycles. The van der Waals surface area contributed by atoms with E-state index in [1.165, 1.54) is 19.3 Å². The minimum absolute atomic E-state index is 0.0495. The maximum atomic E-state index is 12.5. The summed E-state index contributed by atoms with van der Waals surface area (Å²) in [5.41, 5.74) is 1.04. The Bertz CT molecular complexity index is 749. The van der Waals surface area contributed by atoms with Crippen molar-refractivity contribution in [3.63, 3.8) is 0 Å². The highest BCUT2D eigenvalue weighted by molar-refractivity contribution is 7.08. The predicted octanol–water partition coefficient (Wildman–Crippen LogP) is 2.88. The number of aromatic nitrogens is 2. The molecule has 1 aliphatic carbocycles. The summed E-state index contributed by atoms with van der Waals surface area (Å²) in [6.07, 6.45) is 6.91. The third kappa shape index (κ3) is 4.61. The lowest BCUT2D eigenvalue weighted by molar-refractivity contribution is -0.122. The first-order valence-electron chi connectivity index (χ1n) is 10.2. The molecule has 7 nitrogen and oxygen atoms in total. The Morgan fingerprint density at radius 3 is 2.82 bits per heavy atom. The van der Waals surface area contributed by atoms with Gasteiger partial charge in [0.05, 0.1) is 13.2 Å². The summed E-state index contributed by atoms with van der Waals surface area (Å²) in [6, 6.07) is 1.96. The molecular formula is C20H28N4O3S. The molecule has 2 aromatic heterocycles. The molecule has 1 N–H and O–H groups in total. The first kappa shape index (κ1) is 19.5. The van der Waals surface area contributed by atoms with Crippen LogP contribution in [-0.4, -0.2) is 59.3 Å². The van der Waals surface area contributed by atoms with Gasteiger partial charge in [0.2, 0.25) is 17.6 Å². The molecule has 1 amide bonds. The molecule has 0 aromatic carbocycles. The number of morpholine rings is 1. The maximum absolute atomic E-state index is 12.5. The van der Waals surface area contributed by atoms with Gasteiger partial charge in [0.25, 0.3) is 0 Å². The Hall–Kier alpha value is -1.77. The summed E-state index contributed by atoms with van der Waals surface area (Å²) in [4.78, 5) is 19.4. The van der Waals surface area contributed by atoms with E-state index in [4.69, 9.17) is 9.26 Å². The van der Waals surface area contributed by atoms with Crippen molar-refractivity contribution in [3.05, 3.63) is 22.7 Å². The highest BCUT2D eigenvalue weighted by Gasteiger charge is 2.38. The first-order chi connectivity index (χ1) is 13.8. The van der Waals surface area contributed by atoms with E-state index in [1.807, 2.05) is 16.8 Å². The van der Waals surface area contributed by atoms with Crippen molar-refractivity contribution in [1.82, 2.24) is 20.4 Å². The minimum Gasteiger partial charge on any atom is -0.379 e. The number of ether oxygens (including phenoxy) is 1. The third-order valence-electron chi connectivity index (χ3n) is 5.89. The van der Waals surface area contributed by atoms with Crippen molar-refractivity contribution in [1.29, 1.82) is 0 Å². The van der Waals surface area contributed by atoms with Crippen LogP contribution in [0.4, 0.5) is 0 Å². The average molecular weight is 405 g/mol. The molecule has 152 valence electrons. The molecular weight excluding hydrogens is 376 g/mol. The molecule has 3 heterocycles. The predicted molar refractivity (Wildman–Crippen MR) is 107 cm³/mol. The fourth-order valence-corrected chi connectivity index (χ4v) is 4.92. The van der Waals surface area contributed by atoms with Gasteiger partial charge in [-0.1, -0.05) is 24.4 Å². The Balaban J connectivity index is 1.29. The van der Waals surface area contributed by atoms with E-state index in [0.717, 1.165) is 51.3 Å². The fourth-order valence-electron chi connectivity index (χ4n) is 4.29. The number of carbonyl (C=O) groups excluding carboxylic acids is 1. The zero-order chi connectivity index (χ0) is 19.2. The lowest BCUT2D eigenvalue weighted by Gasteiger charge is -2.48. The van der Waals surface area contributed by atoms with Gasteiger partial charge < -0.3 is 14.6 Å². The van der Waals surface area contributed by atoms with Gasteiger partial charge in [-0.15, -0.1) is 0 Å². The van der Waals surface area contributed by atoms with Gasteiger partial charge in [-0.25, -0.2) is 0 Å². The molecule has 0 bridgehead atoms. The number of amides is 1. The second-order valence-electron chi connectivity index (χ2n) is 7.68. The van der Waals surface area contributed by atoms with E-state index in [1.54, 1.807) is 11.3 Å². The average Bonchev–Trinajstić information content (AvgIpc) is 3.44. The van der Waals surface area contributed by atoms with Crippen molar-refractivity contribution < 1.29 is 14.1 Å². The van der Waals surface area contributed by atoms with Crippen LogP contribution >= 0.6 is 11.3 Å². The normalized spacial score (nSPS) is 20.1. The fraction of sp³-hybridized carbons (Fsp3) is 0.650. The van der Waals surface area contributed by atoms with Crippen LogP contribution in [0, 0.1) is 0 Å². The SMILES string of the molecule is O=C(CCc1nc(-c2ccsc2)no1)NCC1(N2CCOCC2)CCCCC1. The highest BCUT2D eigenvalue weighted by Crippen LogP contribution is 2.33. The highest BCUT2D eigenvalue weighted by atomic mass is 32.1. The molecule has 0 spiro atoms. The number of aryl methyl sites for hydroxylation is 1. The van der Waals surface area contributed by atoms with Crippen molar-refractivity contribution in [2.75, 3.05) is 32.8 Å². The van der Waals surface area contributed by atoms with Crippen LogP contribution in [0.1, 0.15) is 44.4 Å². The van der Waals surface area contributed by atoms with E-state index in [2.05, 4.69) is 20.4 Å². The first-order valence-corrected chi connectivity index (χ1v) is 11.1. The van der Waals surface area contributed by atoms with Crippen LogP contribution in [0.25, 0.3) is 11.4 Å². The van der Waals surface area contributed by atoms with E-state index >= 15 is 0 Å². The largest absolute Gasteiger partial charge is 0.379 e. The number of nitrogens with zero attached hydrogens (tertiary/aromatic N) is 3. The van der Waals surface area contributed by atoms with Gasteiger partial charge in [0.15, 0.2) is 0 Å². The molecule has 1 saturated heterocycles. The molecule has 0 atom stereocenters. The second-order valence-corrected chi connectivity index (χ2v) is 8.46. The Kier molecular flexibility index (Phi) is 6.39. The zero-order valence-electron chi connectivity index (χ0n) is 16.2. The topological polar surface area (TPSA) is 80.5 Å². The number of hydrogen-bond acceptors (Lipinski definition) is 7. The summed E-state index contributed by atoms with van der Waals surface area (Å²) in [5.74, 6) is 1.15. The van der Waals surface area contributed by atoms with Crippen LogP contribution in [0.2, 0.25) is 0 Å². The molecule has 2 fully saturated rings. The third-order valence-corrected chi connectivity index (χ3v) is 6.58. The molecule has 2 aromatic rings. The molecule has 2 aliphatic rings. The number of rotatable bonds is 7. The lowest BCUT2D eigenvalue weighted by atomic mass is 9.79. The van der Waals surface area contributed by atoms with Gasteiger partial charge >= 0.3 is 0 Å². The van der Waals surface area contributed by atoms with Crippen LogP contribution in [0.3, 0.4) is 0 Å². The molecule has 1 saturated carbocycles. The zero-order valence-corrected chi connectivity index (χ0v) is 17.0. The van der Waals surface area contributed by atoms with Crippen LogP contribution in [0.5, 0.6) is 0 Å². The minimum atomic E-state index is 0.0495. The Labute approximate surface area is 169 Å². The van der Waals surface area contributed by atoms with Gasteiger partial charge in [-0.3, -0.25) is 9.69 Å². The summed E-state index contributed by atoms with van der Waals surface area (Å²) >= 11 is 1.60. The Morgan fingerprint density at radius 1 is 1.25 bits per heavy atom. The molecule has 0 unspecified atom stereocenters. The van der Waals surface area contributed by atoms with Crippen LogP contribution < -0.4 is 5.32 Å². The van der Waals surface area contributed by atoms with Crippen LogP contribution in [-0.2, 0) is 16.0 Å². The van der Waals surface area contributed by atoms with E-state index in [-0.39, 0.29) is 11.4 Å². The molecule has 8 heteroatoms. The van der Waals surface area contributed by atoms with E-state index in [0.29, 0.717) is 24.6 Å². The summed E-state index contributed by atoms with van der Waals surface area (Å²) in [6.45, 7) is 4.22. The lowest BCUT2D eigenvalue weighted by Crippen LogP contribution is -2.59. The quantitative estimate of drug-likeness (QED) is 0.764. The molecule has 0 radical (unpaired) electrons. The maximum Gasteiger partial charge on any atom is 0.227 e. The summed E-state index contributed by atoms with van der Waals surface area (Å²) in [5, 5.41) is 11.1. The number of thiophene rings is 1. The van der Waals surface area contributed by atoms with Crippen LogP contribution in [0.15, 0.2) is 21.3 Å². The van der Waals surface area contributed by atoms with Gasteiger partial charge in [-0.05, 0) is 24.3 Å². The van der Waals surface area contributed by atoms with E-state index in [9.17, 15) is 4.79 Å². The smallest absolute Gasteiger partial charge is 0.227 e. The molecule has 4 rings (SSSR count). The van der Waals surface area contributed by atoms with E-state index < -0.39 is 0 Å².